The van der Waals surface area contributed by atoms with Gasteiger partial charge in [-0.2, -0.15) is 5.10 Å². The molecule has 21 heavy (non-hydrogen) atoms. The Hall–Kier alpha value is -2.01. The highest BCUT2D eigenvalue weighted by Crippen LogP contribution is 2.22. The van der Waals surface area contributed by atoms with Crippen LogP contribution in [0.4, 0.5) is 0 Å². The van der Waals surface area contributed by atoms with Gasteiger partial charge in [-0.3, -0.25) is 13.8 Å². The van der Waals surface area contributed by atoms with E-state index < -0.39 is 0 Å². The fourth-order valence-electron chi connectivity index (χ4n) is 2.69. The van der Waals surface area contributed by atoms with Gasteiger partial charge in [-0.15, -0.1) is 0 Å². The number of hydrogen-bond donors (Lipinski definition) is 0. The topological polar surface area (TPSA) is 44.8 Å². The highest BCUT2D eigenvalue weighted by atomic mass is 35.5. The van der Waals surface area contributed by atoms with E-state index in [1.807, 2.05) is 42.8 Å². The second-order valence-electron chi connectivity index (χ2n) is 5.08. The average molecular weight is 305 g/mol. The second kappa shape index (κ2) is 5.07. The summed E-state index contributed by atoms with van der Waals surface area (Å²) >= 11 is 6.35. The van der Waals surface area contributed by atoms with E-state index in [1.54, 1.807) is 16.2 Å². The van der Waals surface area contributed by atoms with Crippen LogP contribution in [-0.2, 0) is 20.1 Å². The fourth-order valence-corrected chi connectivity index (χ4v) is 2.88. The van der Waals surface area contributed by atoms with Gasteiger partial charge in [0.05, 0.1) is 34.0 Å². The number of aryl methyl sites for hydroxylation is 3. The molecule has 0 aliphatic carbocycles. The third-order valence-corrected chi connectivity index (χ3v) is 4.30. The SMILES string of the molecule is CCn1nc(C)c(Cl)c1Cn1c(=O)n(C)c2ccccc21. The van der Waals surface area contributed by atoms with Gasteiger partial charge in [-0.25, -0.2) is 4.79 Å². The molecule has 3 rings (SSSR count). The Balaban J connectivity index is 2.20. The smallest absolute Gasteiger partial charge is 0.295 e. The van der Waals surface area contributed by atoms with E-state index in [4.69, 9.17) is 11.6 Å². The highest BCUT2D eigenvalue weighted by Gasteiger charge is 2.17. The summed E-state index contributed by atoms with van der Waals surface area (Å²) in [5, 5.41) is 5.04. The lowest BCUT2D eigenvalue weighted by Crippen LogP contribution is -2.24. The van der Waals surface area contributed by atoms with Gasteiger partial charge in [-0.05, 0) is 26.0 Å². The maximum absolute atomic E-state index is 12.5. The predicted octanol–water partition coefficient (Wildman–Crippen LogP) is 2.57. The molecule has 0 radical (unpaired) electrons. The summed E-state index contributed by atoms with van der Waals surface area (Å²) < 4.78 is 5.25. The number of rotatable bonds is 3. The number of benzene rings is 1. The lowest BCUT2D eigenvalue weighted by Gasteiger charge is -2.06. The summed E-state index contributed by atoms with van der Waals surface area (Å²) in [6, 6.07) is 7.75. The summed E-state index contributed by atoms with van der Waals surface area (Å²) in [5.41, 5.74) is 3.44. The summed E-state index contributed by atoms with van der Waals surface area (Å²) in [4.78, 5) is 12.5. The minimum Gasteiger partial charge on any atom is -0.295 e. The molecule has 0 saturated carbocycles. The molecule has 110 valence electrons. The van der Waals surface area contributed by atoms with Crippen molar-refractivity contribution in [3.8, 4) is 0 Å². The standard InChI is InChI=1S/C15H17ClN4O/c1-4-20-13(14(16)10(2)17-20)9-19-12-8-6-5-7-11(12)18(3)15(19)21/h5-8H,4,9H2,1-3H3. The third kappa shape index (κ3) is 2.08. The van der Waals surface area contributed by atoms with Crippen LogP contribution in [0.25, 0.3) is 11.0 Å². The number of fused-ring (bicyclic) bond motifs is 1. The Bertz CT molecular complexity index is 872. The monoisotopic (exact) mass is 304 g/mol. The van der Waals surface area contributed by atoms with Crippen molar-refractivity contribution >= 4 is 22.6 Å². The maximum Gasteiger partial charge on any atom is 0.329 e. The van der Waals surface area contributed by atoms with E-state index >= 15 is 0 Å². The summed E-state index contributed by atoms with van der Waals surface area (Å²) in [7, 11) is 1.78. The first-order valence-electron chi connectivity index (χ1n) is 6.90. The second-order valence-corrected chi connectivity index (χ2v) is 5.46. The minimum atomic E-state index is -0.0474. The molecule has 0 unspecified atom stereocenters. The van der Waals surface area contributed by atoms with E-state index in [9.17, 15) is 4.79 Å². The van der Waals surface area contributed by atoms with Crippen LogP contribution in [0.2, 0.25) is 5.02 Å². The van der Waals surface area contributed by atoms with Crippen molar-refractivity contribution in [3.63, 3.8) is 0 Å². The molecule has 6 heteroatoms. The number of nitrogens with zero attached hydrogens (tertiary/aromatic N) is 4. The number of aromatic nitrogens is 4. The normalized spacial score (nSPS) is 11.4. The van der Waals surface area contributed by atoms with E-state index in [0.29, 0.717) is 11.6 Å². The predicted molar refractivity (Wildman–Crippen MR) is 83.9 cm³/mol. The van der Waals surface area contributed by atoms with Crippen molar-refractivity contribution in [2.45, 2.75) is 26.9 Å². The molecule has 0 spiro atoms. The van der Waals surface area contributed by atoms with Crippen LogP contribution in [0.15, 0.2) is 29.1 Å². The van der Waals surface area contributed by atoms with Crippen LogP contribution < -0.4 is 5.69 Å². The Morgan fingerprint density at radius 1 is 1.24 bits per heavy atom. The first-order chi connectivity index (χ1) is 10.0. The van der Waals surface area contributed by atoms with E-state index in [-0.39, 0.29) is 5.69 Å². The Morgan fingerprint density at radius 3 is 2.57 bits per heavy atom. The van der Waals surface area contributed by atoms with Crippen molar-refractivity contribution in [2.24, 2.45) is 7.05 Å². The Labute approximate surface area is 127 Å². The van der Waals surface area contributed by atoms with Crippen molar-refractivity contribution in [3.05, 3.63) is 51.2 Å². The van der Waals surface area contributed by atoms with Crippen molar-refractivity contribution < 1.29 is 0 Å². The molecule has 3 aromatic rings. The Kier molecular flexibility index (Phi) is 3.37. The molecule has 2 heterocycles. The molecular formula is C15H17ClN4O. The van der Waals surface area contributed by atoms with Crippen LogP contribution in [0.5, 0.6) is 0 Å². The summed E-state index contributed by atoms with van der Waals surface area (Å²) in [6.45, 7) is 5.04. The van der Waals surface area contributed by atoms with Crippen molar-refractivity contribution in [2.75, 3.05) is 0 Å². The van der Waals surface area contributed by atoms with Crippen LogP contribution in [0, 0.1) is 6.92 Å². The molecule has 0 N–H and O–H groups in total. The fraction of sp³-hybridized carbons (Fsp3) is 0.333. The Morgan fingerprint density at radius 2 is 1.90 bits per heavy atom. The number of imidazole rings is 1. The van der Waals surface area contributed by atoms with Gasteiger partial charge in [0.15, 0.2) is 0 Å². The molecule has 0 atom stereocenters. The largest absolute Gasteiger partial charge is 0.329 e. The van der Waals surface area contributed by atoms with Crippen LogP contribution in [-0.4, -0.2) is 18.9 Å². The van der Waals surface area contributed by atoms with E-state index in [1.165, 1.54) is 0 Å². The molecule has 0 saturated heterocycles. The zero-order valence-corrected chi connectivity index (χ0v) is 13.1. The lowest BCUT2D eigenvalue weighted by molar-refractivity contribution is 0.593. The van der Waals surface area contributed by atoms with Gasteiger partial charge < -0.3 is 0 Å². The van der Waals surface area contributed by atoms with Gasteiger partial charge in [-0.1, -0.05) is 23.7 Å². The maximum atomic E-state index is 12.5. The molecule has 0 bridgehead atoms. The van der Waals surface area contributed by atoms with Crippen LogP contribution >= 0.6 is 11.6 Å². The minimum absolute atomic E-state index is 0.0474. The van der Waals surface area contributed by atoms with Crippen LogP contribution in [0.1, 0.15) is 18.3 Å². The van der Waals surface area contributed by atoms with Gasteiger partial charge >= 0.3 is 5.69 Å². The molecule has 5 nitrogen and oxygen atoms in total. The van der Waals surface area contributed by atoms with Crippen molar-refractivity contribution in [1.29, 1.82) is 0 Å². The van der Waals surface area contributed by atoms with Gasteiger partial charge in [0.2, 0.25) is 0 Å². The molecule has 0 aliphatic heterocycles. The van der Waals surface area contributed by atoms with E-state index in [0.717, 1.165) is 29.0 Å². The molecule has 0 fully saturated rings. The molecule has 2 aromatic heterocycles. The molecule has 0 amide bonds. The summed E-state index contributed by atoms with van der Waals surface area (Å²) in [5.74, 6) is 0. The zero-order valence-electron chi connectivity index (χ0n) is 12.3. The first-order valence-corrected chi connectivity index (χ1v) is 7.28. The van der Waals surface area contributed by atoms with Gasteiger partial charge in [0.1, 0.15) is 0 Å². The average Bonchev–Trinajstić information content (AvgIpc) is 2.90. The first kappa shape index (κ1) is 13.9. The third-order valence-electron chi connectivity index (χ3n) is 3.81. The quantitative estimate of drug-likeness (QED) is 0.746. The number of hydrogen-bond acceptors (Lipinski definition) is 2. The van der Waals surface area contributed by atoms with E-state index in [2.05, 4.69) is 5.10 Å². The molecule has 1 aromatic carbocycles. The van der Waals surface area contributed by atoms with Crippen molar-refractivity contribution in [1.82, 2.24) is 18.9 Å². The number of halogens is 1. The van der Waals surface area contributed by atoms with Crippen LogP contribution in [0.3, 0.4) is 0 Å². The molecular weight excluding hydrogens is 288 g/mol. The van der Waals surface area contributed by atoms with Gasteiger partial charge in [0.25, 0.3) is 0 Å². The number of para-hydroxylation sites is 2. The zero-order chi connectivity index (χ0) is 15.1. The highest BCUT2D eigenvalue weighted by molar-refractivity contribution is 6.31. The molecule has 0 aliphatic rings. The van der Waals surface area contributed by atoms with Gasteiger partial charge in [0, 0.05) is 13.6 Å². The summed E-state index contributed by atoms with van der Waals surface area (Å²) in [6.07, 6.45) is 0. The lowest BCUT2D eigenvalue weighted by atomic mass is 10.3.